The van der Waals surface area contributed by atoms with E-state index in [0.29, 0.717) is 16.8 Å². The SMILES string of the molecule is CCN1CC(c2c(NC(=O)c3cncc4ccccc34)ccc(N)c2F)C1. The smallest absolute Gasteiger partial charge is 0.257 e. The van der Waals surface area contributed by atoms with E-state index in [1.54, 1.807) is 12.3 Å². The maximum Gasteiger partial charge on any atom is 0.257 e. The number of anilines is 2. The van der Waals surface area contributed by atoms with Gasteiger partial charge in [0.25, 0.3) is 5.91 Å². The number of amides is 1. The third kappa shape index (κ3) is 3.13. The van der Waals surface area contributed by atoms with Crippen LogP contribution < -0.4 is 11.1 Å². The van der Waals surface area contributed by atoms with E-state index in [-0.39, 0.29) is 17.5 Å². The third-order valence-electron chi connectivity index (χ3n) is 5.18. The second-order valence-corrected chi connectivity index (χ2v) is 6.84. The van der Waals surface area contributed by atoms with E-state index in [0.717, 1.165) is 30.4 Å². The number of pyridine rings is 1. The largest absolute Gasteiger partial charge is 0.396 e. The van der Waals surface area contributed by atoms with Gasteiger partial charge in [0.15, 0.2) is 5.82 Å². The zero-order valence-electron chi connectivity index (χ0n) is 15.1. The standard InChI is InChI=1S/C21H21FN4O/c1-2-26-11-14(12-26)19-18(8-7-17(23)20(19)22)25-21(27)16-10-24-9-13-5-3-4-6-15(13)16/h3-10,14H,2,11-12,23H2,1H3,(H,25,27). The van der Waals surface area contributed by atoms with Crippen LogP contribution in [0.15, 0.2) is 48.8 Å². The predicted octanol–water partition coefficient (Wildman–Crippen LogP) is 3.63. The molecule has 0 unspecified atom stereocenters. The van der Waals surface area contributed by atoms with Crippen LogP contribution in [0.4, 0.5) is 15.8 Å². The molecular formula is C21H21FN4O. The molecule has 0 bridgehead atoms. The minimum absolute atomic E-state index is 0.0226. The van der Waals surface area contributed by atoms with Crippen molar-refractivity contribution in [1.29, 1.82) is 0 Å². The molecule has 138 valence electrons. The summed E-state index contributed by atoms with van der Waals surface area (Å²) in [5.74, 6) is -0.726. The van der Waals surface area contributed by atoms with Crippen LogP contribution in [0.25, 0.3) is 10.8 Å². The summed E-state index contributed by atoms with van der Waals surface area (Å²) >= 11 is 0. The van der Waals surface area contributed by atoms with Gasteiger partial charge in [-0.2, -0.15) is 0 Å². The third-order valence-corrected chi connectivity index (χ3v) is 5.18. The maximum atomic E-state index is 14.8. The molecule has 6 heteroatoms. The Morgan fingerprint density at radius 3 is 2.81 bits per heavy atom. The van der Waals surface area contributed by atoms with Crippen molar-refractivity contribution in [2.75, 3.05) is 30.7 Å². The molecular weight excluding hydrogens is 343 g/mol. The zero-order chi connectivity index (χ0) is 19.0. The number of benzene rings is 2. The van der Waals surface area contributed by atoms with Crippen molar-refractivity contribution >= 4 is 28.1 Å². The fraction of sp³-hybridized carbons (Fsp3) is 0.238. The highest BCUT2D eigenvalue weighted by Crippen LogP contribution is 2.36. The van der Waals surface area contributed by atoms with Gasteiger partial charge in [0.05, 0.1) is 11.3 Å². The molecule has 2 heterocycles. The summed E-state index contributed by atoms with van der Waals surface area (Å²) < 4.78 is 14.8. The van der Waals surface area contributed by atoms with Gasteiger partial charge in [0.2, 0.25) is 0 Å². The Kier molecular flexibility index (Phi) is 4.49. The van der Waals surface area contributed by atoms with E-state index in [1.165, 1.54) is 12.3 Å². The summed E-state index contributed by atoms with van der Waals surface area (Å²) in [7, 11) is 0. The van der Waals surface area contributed by atoms with Crippen LogP contribution in [0.3, 0.4) is 0 Å². The molecule has 4 rings (SSSR count). The summed E-state index contributed by atoms with van der Waals surface area (Å²) in [5, 5.41) is 4.57. The molecule has 1 saturated heterocycles. The average molecular weight is 364 g/mol. The molecule has 1 aromatic heterocycles. The Morgan fingerprint density at radius 2 is 2.04 bits per heavy atom. The maximum absolute atomic E-state index is 14.8. The molecule has 2 aromatic carbocycles. The van der Waals surface area contributed by atoms with Crippen LogP contribution in [0.2, 0.25) is 0 Å². The van der Waals surface area contributed by atoms with Gasteiger partial charge in [-0.15, -0.1) is 0 Å². The van der Waals surface area contributed by atoms with Gasteiger partial charge < -0.3 is 16.0 Å². The number of likely N-dealkylation sites (N-methyl/N-ethyl adjacent to an activating group) is 1. The van der Waals surface area contributed by atoms with Crippen LogP contribution in [0, 0.1) is 5.82 Å². The summed E-state index contributed by atoms with van der Waals surface area (Å²) in [6.07, 6.45) is 3.25. The van der Waals surface area contributed by atoms with Crippen LogP contribution in [-0.4, -0.2) is 35.4 Å². The lowest BCUT2D eigenvalue weighted by atomic mass is 9.89. The number of fused-ring (bicyclic) bond motifs is 1. The monoisotopic (exact) mass is 364 g/mol. The van der Waals surface area contributed by atoms with E-state index >= 15 is 0 Å². The quantitative estimate of drug-likeness (QED) is 0.694. The van der Waals surface area contributed by atoms with Gasteiger partial charge in [-0.25, -0.2) is 4.39 Å². The molecule has 0 saturated carbocycles. The van der Waals surface area contributed by atoms with E-state index < -0.39 is 5.82 Å². The topological polar surface area (TPSA) is 71.2 Å². The summed E-state index contributed by atoms with van der Waals surface area (Å²) in [6.45, 7) is 4.51. The number of carbonyl (C=O) groups is 1. The number of hydrogen-bond donors (Lipinski definition) is 2. The Balaban J connectivity index is 1.68. The Morgan fingerprint density at radius 1 is 1.26 bits per heavy atom. The van der Waals surface area contributed by atoms with Gasteiger partial charge in [-0.3, -0.25) is 9.78 Å². The number of nitrogens with two attached hydrogens (primary N) is 1. The van der Waals surface area contributed by atoms with Crippen molar-refractivity contribution in [3.63, 3.8) is 0 Å². The van der Waals surface area contributed by atoms with Crippen LogP contribution in [0.5, 0.6) is 0 Å². The fourth-order valence-corrected chi connectivity index (χ4v) is 3.62. The molecule has 3 N–H and O–H groups in total. The van der Waals surface area contributed by atoms with Crippen molar-refractivity contribution < 1.29 is 9.18 Å². The Bertz CT molecular complexity index is 1010. The molecule has 0 aliphatic carbocycles. The highest BCUT2D eigenvalue weighted by atomic mass is 19.1. The predicted molar refractivity (Wildman–Crippen MR) is 105 cm³/mol. The molecule has 1 aliphatic heterocycles. The molecule has 5 nitrogen and oxygen atoms in total. The molecule has 0 atom stereocenters. The van der Waals surface area contributed by atoms with E-state index in [9.17, 15) is 9.18 Å². The lowest BCUT2D eigenvalue weighted by molar-refractivity contribution is 0.102. The minimum Gasteiger partial charge on any atom is -0.396 e. The van der Waals surface area contributed by atoms with Gasteiger partial charge in [0.1, 0.15) is 0 Å². The Labute approximate surface area is 157 Å². The molecule has 1 fully saturated rings. The molecule has 0 spiro atoms. The summed E-state index contributed by atoms with van der Waals surface area (Å²) in [5.41, 5.74) is 7.30. The van der Waals surface area contributed by atoms with Gasteiger partial charge in [0, 0.05) is 48.0 Å². The van der Waals surface area contributed by atoms with Gasteiger partial charge >= 0.3 is 0 Å². The lowest BCUT2D eigenvalue weighted by Gasteiger charge is -2.39. The summed E-state index contributed by atoms with van der Waals surface area (Å²) in [6, 6.07) is 10.7. The number of likely N-dealkylation sites (tertiary alicyclic amines) is 1. The van der Waals surface area contributed by atoms with Crippen LogP contribution in [0.1, 0.15) is 28.8 Å². The Hall–Kier alpha value is -2.99. The first-order valence-corrected chi connectivity index (χ1v) is 9.02. The first-order chi connectivity index (χ1) is 13.1. The first-order valence-electron chi connectivity index (χ1n) is 9.02. The first kappa shape index (κ1) is 17.4. The van der Waals surface area contributed by atoms with E-state index in [4.69, 9.17) is 5.73 Å². The van der Waals surface area contributed by atoms with Crippen molar-refractivity contribution in [2.45, 2.75) is 12.8 Å². The fourth-order valence-electron chi connectivity index (χ4n) is 3.62. The summed E-state index contributed by atoms with van der Waals surface area (Å²) in [4.78, 5) is 19.3. The zero-order valence-corrected chi connectivity index (χ0v) is 15.1. The molecule has 27 heavy (non-hydrogen) atoms. The molecule has 0 radical (unpaired) electrons. The van der Waals surface area contributed by atoms with Crippen LogP contribution in [-0.2, 0) is 0 Å². The van der Waals surface area contributed by atoms with Crippen LogP contribution >= 0.6 is 0 Å². The van der Waals surface area contributed by atoms with Gasteiger partial charge in [-0.05, 0) is 24.1 Å². The van der Waals surface area contributed by atoms with Gasteiger partial charge in [-0.1, -0.05) is 31.2 Å². The highest BCUT2D eigenvalue weighted by Gasteiger charge is 2.32. The average Bonchev–Trinajstić information content (AvgIpc) is 2.65. The second-order valence-electron chi connectivity index (χ2n) is 6.84. The van der Waals surface area contributed by atoms with Crippen molar-refractivity contribution in [3.8, 4) is 0 Å². The number of carbonyl (C=O) groups excluding carboxylic acids is 1. The lowest BCUT2D eigenvalue weighted by Crippen LogP contribution is -2.45. The molecule has 1 amide bonds. The second kappa shape index (κ2) is 6.96. The van der Waals surface area contributed by atoms with Crippen molar-refractivity contribution in [1.82, 2.24) is 9.88 Å². The highest BCUT2D eigenvalue weighted by molar-refractivity contribution is 6.12. The van der Waals surface area contributed by atoms with Crippen molar-refractivity contribution in [3.05, 3.63) is 65.7 Å². The number of halogens is 1. The van der Waals surface area contributed by atoms with E-state index in [1.807, 2.05) is 24.3 Å². The normalized spacial score (nSPS) is 14.9. The number of nitrogens with one attached hydrogen (secondary N) is 1. The molecule has 3 aromatic rings. The number of nitrogens with zero attached hydrogens (tertiary/aromatic N) is 2. The molecule has 1 aliphatic rings. The number of nitrogen functional groups attached to an aromatic ring is 1. The number of aromatic nitrogens is 1. The minimum atomic E-state index is -0.440. The van der Waals surface area contributed by atoms with E-state index in [2.05, 4.69) is 22.1 Å². The van der Waals surface area contributed by atoms with Crippen molar-refractivity contribution in [2.24, 2.45) is 0 Å². The number of rotatable bonds is 4. The number of hydrogen-bond acceptors (Lipinski definition) is 4.